The summed E-state index contributed by atoms with van der Waals surface area (Å²) in [7, 11) is 0. The number of fused-ring (bicyclic) bond motifs is 3. The molecule has 3 nitrogen and oxygen atoms in total. The highest BCUT2D eigenvalue weighted by atomic mass is 35.5. The number of nitrogens with one attached hydrogen (secondary N) is 1. The van der Waals surface area contributed by atoms with Crippen molar-refractivity contribution in [3.8, 4) is 11.1 Å². The third-order valence-corrected chi connectivity index (χ3v) is 5.85. The molecule has 1 amide bonds. The molecule has 0 spiro atoms. The number of ether oxygens (including phenoxy) is 1. The first-order valence-electron chi connectivity index (χ1n) is 10.5. The number of benzene rings is 3. The molecule has 0 saturated carbocycles. The molecule has 0 atom stereocenters. The monoisotopic (exact) mass is 471 g/mol. The van der Waals surface area contributed by atoms with Crippen molar-refractivity contribution in [1.29, 1.82) is 0 Å². The number of amides is 1. The van der Waals surface area contributed by atoms with Crippen LogP contribution in [0, 0.1) is 0 Å². The van der Waals surface area contributed by atoms with Crippen molar-refractivity contribution >= 4 is 23.8 Å². The molecule has 4 rings (SSSR count). The van der Waals surface area contributed by atoms with Gasteiger partial charge >= 0.3 is 12.3 Å². The summed E-state index contributed by atoms with van der Waals surface area (Å²) in [5.41, 5.74) is 4.30. The zero-order chi connectivity index (χ0) is 23.4. The van der Waals surface area contributed by atoms with E-state index < -0.39 is 17.8 Å². The molecule has 1 aliphatic carbocycles. The van der Waals surface area contributed by atoms with Crippen molar-refractivity contribution in [2.75, 3.05) is 13.2 Å². The minimum atomic E-state index is -4.48. The number of alkyl halides is 3. The molecule has 0 saturated heterocycles. The average molecular weight is 472 g/mol. The lowest BCUT2D eigenvalue weighted by atomic mass is 9.98. The molecule has 3 aromatic carbocycles. The van der Waals surface area contributed by atoms with Gasteiger partial charge in [-0.15, -0.1) is 0 Å². The quantitative estimate of drug-likeness (QED) is 0.383. The van der Waals surface area contributed by atoms with Crippen LogP contribution in [0.1, 0.15) is 34.6 Å². The van der Waals surface area contributed by atoms with Crippen molar-refractivity contribution in [3.63, 3.8) is 0 Å². The Morgan fingerprint density at radius 3 is 2.24 bits per heavy atom. The van der Waals surface area contributed by atoms with Crippen molar-refractivity contribution in [3.05, 3.63) is 100 Å². The lowest BCUT2D eigenvalue weighted by molar-refractivity contribution is -0.137. The van der Waals surface area contributed by atoms with Gasteiger partial charge in [0, 0.05) is 12.5 Å². The maximum Gasteiger partial charge on any atom is 0.417 e. The fourth-order valence-corrected chi connectivity index (χ4v) is 4.29. The molecule has 3 aromatic rings. The zero-order valence-corrected chi connectivity index (χ0v) is 18.3. The van der Waals surface area contributed by atoms with Crippen molar-refractivity contribution in [1.82, 2.24) is 5.32 Å². The molecule has 0 aliphatic heterocycles. The van der Waals surface area contributed by atoms with E-state index in [1.807, 2.05) is 24.3 Å². The predicted octanol–water partition coefficient (Wildman–Crippen LogP) is 7.30. The van der Waals surface area contributed by atoms with Crippen molar-refractivity contribution in [2.45, 2.75) is 18.5 Å². The smallest absolute Gasteiger partial charge is 0.417 e. The minimum Gasteiger partial charge on any atom is -0.449 e. The molecule has 170 valence electrons. The number of halogens is 4. The van der Waals surface area contributed by atoms with E-state index in [4.69, 9.17) is 16.3 Å². The first kappa shape index (κ1) is 22.9. The highest BCUT2D eigenvalue weighted by Gasteiger charge is 2.33. The van der Waals surface area contributed by atoms with Gasteiger partial charge in [0.25, 0.3) is 0 Å². The van der Waals surface area contributed by atoms with Crippen LogP contribution in [-0.4, -0.2) is 19.2 Å². The second-order valence-electron chi connectivity index (χ2n) is 7.68. The Bertz CT molecular complexity index is 1140. The van der Waals surface area contributed by atoms with Gasteiger partial charge in [-0.1, -0.05) is 78.4 Å². The van der Waals surface area contributed by atoms with E-state index in [-0.39, 0.29) is 17.5 Å². The van der Waals surface area contributed by atoms with Crippen LogP contribution in [0.2, 0.25) is 5.02 Å². The molecule has 1 aliphatic rings. The van der Waals surface area contributed by atoms with Gasteiger partial charge in [-0.05, 0) is 46.4 Å². The number of carbonyl (C=O) groups excluding carboxylic acids is 1. The number of hydrogen-bond acceptors (Lipinski definition) is 2. The van der Waals surface area contributed by atoms with Gasteiger partial charge in [0.05, 0.1) is 10.6 Å². The van der Waals surface area contributed by atoms with Gasteiger partial charge in [-0.3, -0.25) is 0 Å². The van der Waals surface area contributed by atoms with Crippen LogP contribution in [0.25, 0.3) is 17.2 Å². The third kappa shape index (κ3) is 5.22. The summed E-state index contributed by atoms with van der Waals surface area (Å²) in [5, 5.41) is 2.35. The first-order valence-corrected chi connectivity index (χ1v) is 10.8. The molecular weight excluding hydrogens is 451 g/mol. The molecule has 0 unspecified atom stereocenters. The Hall–Kier alpha value is -3.25. The van der Waals surface area contributed by atoms with Gasteiger partial charge in [-0.25, -0.2) is 4.79 Å². The van der Waals surface area contributed by atoms with Crippen LogP contribution in [-0.2, 0) is 10.9 Å². The average Bonchev–Trinajstić information content (AvgIpc) is 3.10. The highest BCUT2D eigenvalue weighted by molar-refractivity contribution is 6.31. The van der Waals surface area contributed by atoms with E-state index >= 15 is 0 Å². The summed E-state index contributed by atoms with van der Waals surface area (Å²) in [5.74, 6) is -0.00698. The Kier molecular flexibility index (Phi) is 6.75. The van der Waals surface area contributed by atoms with Gasteiger partial charge in [0.1, 0.15) is 6.61 Å². The summed E-state index contributed by atoms with van der Waals surface area (Å²) in [6.45, 7) is 0.571. The summed E-state index contributed by atoms with van der Waals surface area (Å²) in [6.07, 6.45) is -1.09. The van der Waals surface area contributed by atoms with Crippen LogP contribution >= 0.6 is 11.6 Å². The molecule has 0 fully saturated rings. The number of carbonyl (C=O) groups is 1. The van der Waals surface area contributed by atoms with Gasteiger partial charge in [0.2, 0.25) is 0 Å². The summed E-state index contributed by atoms with van der Waals surface area (Å²) >= 11 is 5.72. The second-order valence-corrected chi connectivity index (χ2v) is 8.09. The van der Waals surface area contributed by atoms with E-state index in [1.165, 1.54) is 12.1 Å². The Morgan fingerprint density at radius 2 is 1.64 bits per heavy atom. The number of rotatable bonds is 6. The standard InChI is InChI=1S/C26H21ClF3NO2/c27-24-15-17(12-13-23(24)26(28,29)30)7-5-6-14-31-25(32)33-16-22-20-10-3-1-8-18(20)19-9-2-4-11-21(19)22/h1-5,7-13,15,22H,6,14,16H2,(H,31,32). The normalized spacial score (nSPS) is 13.1. The molecule has 0 heterocycles. The van der Waals surface area contributed by atoms with Crippen LogP contribution in [0.4, 0.5) is 18.0 Å². The Balaban J connectivity index is 1.26. The Labute approximate surface area is 194 Å². The molecule has 0 aromatic heterocycles. The Morgan fingerprint density at radius 1 is 1.00 bits per heavy atom. The maximum absolute atomic E-state index is 12.8. The zero-order valence-electron chi connectivity index (χ0n) is 17.5. The van der Waals surface area contributed by atoms with Crippen LogP contribution in [0.3, 0.4) is 0 Å². The van der Waals surface area contributed by atoms with E-state index in [9.17, 15) is 18.0 Å². The fraction of sp³-hybridized carbons (Fsp3) is 0.192. The van der Waals surface area contributed by atoms with Crippen LogP contribution in [0.15, 0.2) is 72.8 Å². The summed E-state index contributed by atoms with van der Waals surface area (Å²) in [4.78, 5) is 12.2. The molecular formula is C26H21ClF3NO2. The highest BCUT2D eigenvalue weighted by Crippen LogP contribution is 2.44. The fourth-order valence-electron chi connectivity index (χ4n) is 3.99. The lowest BCUT2D eigenvalue weighted by Gasteiger charge is -2.14. The molecule has 1 N–H and O–H groups in total. The molecule has 0 radical (unpaired) electrons. The lowest BCUT2D eigenvalue weighted by Crippen LogP contribution is -2.26. The van der Waals surface area contributed by atoms with Gasteiger partial charge in [-0.2, -0.15) is 13.2 Å². The second kappa shape index (κ2) is 9.71. The van der Waals surface area contributed by atoms with E-state index in [0.29, 0.717) is 18.5 Å². The number of hydrogen-bond donors (Lipinski definition) is 1. The van der Waals surface area contributed by atoms with Crippen molar-refractivity contribution in [2.24, 2.45) is 0 Å². The van der Waals surface area contributed by atoms with Crippen LogP contribution < -0.4 is 5.32 Å². The third-order valence-electron chi connectivity index (χ3n) is 5.53. The molecule has 0 bridgehead atoms. The SMILES string of the molecule is O=C(NCCC=Cc1ccc(C(F)(F)F)c(Cl)c1)OCC1c2ccccc2-c2ccccc21. The number of alkyl carbamates (subject to hydrolysis) is 1. The first-order chi connectivity index (χ1) is 15.8. The van der Waals surface area contributed by atoms with Crippen LogP contribution in [0.5, 0.6) is 0 Å². The molecule has 7 heteroatoms. The predicted molar refractivity (Wildman–Crippen MR) is 123 cm³/mol. The molecule has 33 heavy (non-hydrogen) atoms. The van der Waals surface area contributed by atoms with Crippen molar-refractivity contribution < 1.29 is 22.7 Å². The van der Waals surface area contributed by atoms with Gasteiger partial charge in [0.15, 0.2) is 0 Å². The van der Waals surface area contributed by atoms with Gasteiger partial charge < -0.3 is 10.1 Å². The maximum atomic E-state index is 12.8. The largest absolute Gasteiger partial charge is 0.449 e. The summed E-state index contributed by atoms with van der Waals surface area (Å²) in [6, 6.07) is 19.8. The van der Waals surface area contributed by atoms with E-state index in [0.717, 1.165) is 28.3 Å². The summed E-state index contributed by atoms with van der Waals surface area (Å²) < 4.78 is 43.8. The van der Waals surface area contributed by atoms with E-state index in [1.54, 1.807) is 12.2 Å². The van der Waals surface area contributed by atoms with E-state index in [2.05, 4.69) is 29.6 Å². The topological polar surface area (TPSA) is 38.3 Å². The minimum absolute atomic E-state index is 0.00698.